The minimum absolute atomic E-state index is 0.155. The Bertz CT molecular complexity index is 1240. The predicted molar refractivity (Wildman–Crippen MR) is 119 cm³/mol. The van der Waals surface area contributed by atoms with Gasteiger partial charge in [0.2, 0.25) is 0 Å². The number of hydrogen-bond acceptors (Lipinski definition) is 6. The lowest BCUT2D eigenvalue weighted by Crippen LogP contribution is -2.16. The van der Waals surface area contributed by atoms with Crippen molar-refractivity contribution in [1.82, 2.24) is 14.5 Å². The maximum Gasteiger partial charge on any atom is 0.404 e. The van der Waals surface area contributed by atoms with Gasteiger partial charge in [0.1, 0.15) is 29.9 Å². The van der Waals surface area contributed by atoms with Gasteiger partial charge in [-0.25, -0.2) is 14.8 Å². The van der Waals surface area contributed by atoms with Crippen LogP contribution in [0.5, 0.6) is 11.5 Å². The third kappa shape index (κ3) is 4.87. The second-order valence-corrected chi connectivity index (χ2v) is 7.23. The van der Waals surface area contributed by atoms with Crippen LogP contribution in [0.1, 0.15) is 5.56 Å². The Morgan fingerprint density at radius 3 is 2.84 bits per heavy atom. The highest BCUT2D eigenvalue weighted by Crippen LogP contribution is 2.30. The number of carbonyl (C=O) groups excluding carboxylic acids is 1. The fourth-order valence-corrected chi connectivity index (χ4v) is 3.37. The van der Waals surface area contributed by atoms with Gasteiger partial charge in [-0.1, -0.05) is 17.7 Å². The highest BCUT2D eigenvalue weighted by Gasteiger charge is 2.11. The van der Waals surface area contributed by atoms with Crippen molar-refractivity contribution in [3.63, 3.8) is 0 Å². The molecule has 158 valence electrons. The number of aromatic nitrogens is 3. The molecule has 0 saturated carbocycles. The standard InChI is InChI=1S/C22H20ClN5O3/c1-14-11-16(5-6-19(14)31-17-4-2-3-15(23)12-17)27-21-20-18(25-13-26-21)7-8-28(20)9-10-30-22(24)29/h2-8,11-13H,9-10H2,1H3,(H2,24,29)(H,25,26,27). The molecule has 0 bridgehead atoms. The average molecular weight is 438 g/mol. The summed E-state index contributed by atoms with van der Waals surface area (Å²) in [6, 6.07) is 14.9. The number of primary amides is 1. The van der Waals surface area contributed by atoms with Crippen molar-refractivity contribution in [2.24, 2.45) is 5.73 Å². The number of ether oxygens (including phenoxy) is 2. The molecule has 0 radical (unpaired) electrons. The fraction of sp³-hybridized carbons (Fsp3) is 0.136. The Labute approximate surface area is 183 Å². The van der Waals surface area contributed by atoms with E-state index in [-0.39, 0.29) is 6.61 Å². The lowest BCUT2D eigenvalue weighted by Gasteiger charge is -2.13. The highest BCUT2D eigenvalue weighted by atomic mass is 35.5. The number of nitrogens with one attached hydrogen (secondary N) is 1. The van der Waals surface area contributed by atoms with Crippen LogP contribution in [-0.2, 0) is 11.3 Å². The van der Waals surface area contributed by atoms with Gasteiger partial charge < -0.3 is 25.1 Å². The summed E-state index contributed by atoms with van der Waals surface area (Å²) in [5, 5.41) is 3.95. The number of amides is 1. The van der Waals surface area contributed by atoms with Gasteiger partial charge in [0.05, 0.1) is 12.1 Å². The first-order valence-electron chi connectivity index (χ1n) is 9.53. The summed E-state index contributed by atoms with van der Waals surface area (Å²) in [5.74, 6) is 2.04. The number of halogens is 1. The van der Waals surface area contributed by atoms with E-state index in [1.807, 2.05) is 54.1 Å². The van der Waals surface area contributed by atoms with E-state index in [9.17, 15) is 4.79 Å². The Balaban J connectivity index is 1.55. The number of fused-ring (bicyclic) bond motifs is 1. The molecule has 0 aliphatic heterocycles. The predicted octanol–water partition coefficient (Wildman–Crippen LogP) is 5.02. The molecule has 0 saturated heterocycles. The van der Waals surface area contributed by atoms with Crippen molar-refractivity contribution >= 4 is 40.2 Å². The van der Waals surface area contributed by atoms with E-state index in [0.717, 1.165) is 28.0 Å². The molecule has 3 N–H and O–H groups in total. The second-order valence-electron chi connectivity index (χ2n) is 6.80. The van der Waals surface area contributed by atoms with Crippen LogP contribution in [-0.4, -0.2) is 27.2 Å². The second kappa shape index (κ2) is 8.93. The zero-order valence-corrected chi connectivity index (χ0v) is 17.5. The summed E-state index contributed by atoms with van der Waals surface area (Å²) >= 11 is 6.03. The number of anilines is 2. The van der Waals surface area contributed by atoms with Gasteiger partial charge in [-0.15, -0.1) is 0 Å². The summed E-state index contributed by atoms with van der Waals surface area (Å²) in [7, 11) is 0. The van der Waals surface area contributed by atoms with Crippen LogP contribution in [0.2, 0.25) is 5.02 Å². The minimum atomic E-state index is -0.804. The molecule has 8 nitrogen and oxygen atoms in total. The number of aryl methyl sites for hydroxylation is 1. The van der Waals surface area contributed by atoms with Gasteiger partial charge in [0, 0.05) is 16.9 Å². The lowest BCUT2D eigenvalue weighted by atomic mass is 10.2. The molecule has 0 fully saturated rings. The molecular weight excluding hydrogens is 418 g/mol. The van der Waals surface area contributed by atoms with Crippen LogP contribution in [0.3, 0.4) is 0 Å². The third-order valence-electron chi connectivity index (χ3n) is 4.59. The number of nitrogens with two attached hydrogens (primary N) is 1. The van der Waals surface area contributed by atoms with Gasteiger partial charge in [-0.3, -0.25) is 0 Å². The number of hydrogen-bond donors (Lipinski definition) is 2. The first-order valence-corrected chi connectivity index (χ1v) is 9.90. The Hall–Kier alpha value is -3.78. The minimum Gasteiger partial charge on any atom is -0.457 e. The molecular formula is C22H20ClN5O3. The van der Waals surface area contributed by atoms with Crippen molar-refractivity contribution in [1.29, 1.82) is 0 Å². The van der Waals surface area contributed by atoms with E-state index in [0.29, 0.717) is 23.1 Å². The van der Waals surface area contributed by atoms with E-state index in [2.05, 4.69) is 15.3 Å². The van der Waals surface area contributed by atoms with E-state index >= 15 is 0 Å². The van der Waals surface area contributed by atoms with E-state index in [1.165, 1.54) is 6.33 Å². The fourth-order valence-electron chi connectivity index (χ4n) is 3.19. The molecule has 9 heteroatoms. The van der Waals surface area contributed by atoms with E-state index in [1.54, 1.807) is 12.1 Å². The molecule has 2 aromatic heterocycles. The largest absolute Gasteiger partial charge is 0.457 e. The molecule has 31 heavy (non-hydrogen) atoms. The van der Waals surface area contributed by atoms with Gasteiger partial charge >= 0.3 is 6.09 Å². The highest BCUT2D eigenvalue weighted by molar-refractivity contribution is 6.30. The molecule has 0 spiro atoms. The topological polar surface area (TPSA) is 104 Å². The summed E-state index contributed by atoms with van der Waals surface area (Å²) in [4.78, 5) is 19.5. The van der Waals surface area contributed by atoms with Gasteiger partial charge in [-0.05, 0) is 55.0 Å². The van der Waals surface area contributed by atoms with Gasteiger partial charge in [0.25, 0.3) is 0 Å². The van der Waals surface area contributed by atoms with Crippen LogP contribution in [0.25, 0.3) is 11.0 Å². The number of carbonyl (C=O) groups is 1. The summed E-state index contributed by atoms with van der Waals surface area (Å²) < 4.78 is 12.7. The SMILES string of the molecule is Cc1cc(Nc2ncnc3ccn(CCOC(N)=O)c23)ccc1Oc1cccc(Cl)c1. The molecule has 4 rings (SSSR count). The van der Waals surface area contributed by atoms with Gasteiger partial charge in [-0.2, -0.15) is 0 Å². The lowest BCUT2D eigenvalue weighted by molar-refractivity contribution is 0.153. The number of nitrogens with zero attached hydrogens (tertiary/aromatic N) is 3. The number of benzene rings is 2. The van der Waals surface area contributed by atoms with Crippen molar-refractivity contribution in [2.45, 2.75) is 13.5 Å². The van der Waals surface area contributed by atoms with Crippen LogP contribution in [0, 0.1) is 6.92 Å². The van der Waals surface area contributed by atoms with Crippen molar-refractivity contribution in [3.05, 3.63) is 71.6 Å². The maximum absolute atomic E-state index is 10.8. The summed E-state index contributed by atoms with van der Waals surface area (Å²) in [6.07, 6.45) is 2.56. The average Bonchev–Trinajstić information content (AvgIpc) is 3.14. The Kier molecular flexibility index (Phi) is 5.90. The summed E-state index contributed by atoms with van der Waals surface area (Å²) in [6.45, 7) is 2.55. The van der Waals surface area contributed by atoms with Crippen LogP contribution in [0.15, 0.2) is 61.1 Å². The summed E-state index contributed by atoms with van der Waals surface area (Å²) in [5.41, 5.74) is 8.40. The number of rotatable bonds is 7. The third-order valence-corrected chi connectivity index (χ3v) is 4.82. The molecule has 1 amide bonds. The van der Waals surface area contributed by atoms with E-state index in [4.69, 9.17) is 26.8 Å². The van der Waals surface area contributed by atoms with Crippen LogP contribution >= 0.6 is 11.6 Å². The molecule has 0 unspecified atom stereocenters. The normalized spacial score (nSPS) is 10.8. The molecule has 0 aliphatic rings. The van der Waals surface area contributed by atoms with Crippen molar-refractivity contribution in [2.75, 3.05) is 11.9 Å². The molecule has 2 heterocycles. The van der Waals surface area contributed by atoms with Crippen LogP contribution in [0.4, 0.5) is 16.3 Å². The first kappa shape index (κ1) is 20.5. The van der Waals surface area contributed by atoms with Crippen molar-refractivity contribution < 1.29 is 14.3 Å². The quantitative estimate of drug-likeness (QED) is 0.420. The monoisotopic (exact) mass is 437 g/mol. The van der Waals surface area contributed by atoms with Crippen molar-refractivity contribution in [3.8, 4) is 11.5 Å². The maximum atomic E-state index is 10.8. The zero-order valence-electron chi connectivity index (χ0n) is 16.7. The first-order chi connectivity index (χ1) is 15.0. The Morgan fingerprint density at radius 1 is 1.19 bits per heavy atom. The molecule has 2 aromatic carbocycles. The smallest absolute Gasteiger partial charge is 0.404 e. The molecule has 0 aliphatic carbocycles. The molecule has 0 atom stereocenters. The van der Waals surface area contributed by atoms with Gasteiger partial charge in [0.15, 0.2) is 5.82 Å². The zero-order chi connectivity index (χ0) is 21.8. The molecule has 4 aromatic rings. The van der Waals surface area contributed by atoms with Crippen LogP contribution < -0.4 is 15.8 Å². The Morgan fingerprint density at radius 2 is 2.06 bits per heavy atom. The van der Waals surface area contributed by atoms with E-state index < -0.39 is 6.09 Å².